The number of esters is 2. The van der Waals surface area contributed by atoms with Crippen molar-refractivity contribution in [1.29, 1.82) is 0 Å². The first-order valence-corrected chi connectivity index (χ1v) is 13.6. The smallest absolute Gasteiger partial charge is 0.339 e. The zero-order valence-electron chi connectivity index (χ0n) is 24.5. The summed E-state index contributed by atoms with van der Waals surface area (Å²) in [5.41, 5.74) is 4.54. The van der Waals surface area contributed by atoms with Crippen LogP contribution in [0.1, 0.15) is 27.6 Å². The Morgan fingerprint density at radius 1 is 0.682 bits per heavy atom. The summed E-state index contributed by atoms with van der Waals surface area (Å²) in [6, 6.07) is 26.2. The van der Waals surface area contributed by atoms with E-state index in [0.29, 0.717) is 33.9 Å². The van der Waals surface area contributed by atoms with Gasteiger partial charge in [-0.05, 0) is 85.8 Å². The van der Waals surface area contributed by atoms with Gasteiger partial charge in [0.15, 0.2) is 6.10 Å². The molecule has 0 spiro atoms. The lowest BCUT2D eigenvalue weighted by molar-refractivity contribution is -0.123. The standard InChI is InChI=1S/C34H29N3O7/c1-20(32(38)37-27-8-6-5-7-26(27)34(40)43-4)44-33(39)23-13-18-28-29(19-23)36-31(22-11-16-25(42-3)17-12-22)30(35-28)21-9-14-24(41-2)15-10-21/h5-20H,1-4H3,(H,37,38). The molecule has 1 unspecified atom stereocenters. The molecule has 0 radical (unpaired) electrons. The molecule has 222 valence electrons. The molecule has 0 bridgehead atoms. The first kappa shape index (κ1) is 29.7. The minimum Gasteiger partial charge on any atom is -0.497 e. The molecule has 10 nitrogen and oxygen atoms in total. The fourth-order valence-corrected chi connectivity index (χ4v) is 4.48. The number of hydrogen-bond donors (Lipinski definition) is 1. The van der Waals surface area contributed by atoms with Crippen LogP contribution < -0.4 is 14.8 Å². The SMILES string of the molecule is COC(=O)c1ccccc1NC(=O)C(C)OC(=O)c1ccc2nc(-c3ccc(OC)cc3)c(-c3ccc(OC)cc3)nc2c1. The van der Waals surface area contributed by atoms with Gasteiger partial charge in [0.2, 0.25) is 0 Å². The molecular weight excluding hydrogens is 562 g/mol. The van der Waals surface area contributed by atoms with Gasteiger partial charge in [-0.15, -0.1) is 0 Å². The monoisotopic (exact) mass is 591 g/mol. The van der Waals surface area contributed by atoms with Gasteiger partial charge in [-0.3, -0.25) is 4.79 Å². The van der Waals surface area contributed by atoms with Crippen molar-refractivity contribution in [3.63, 3.8) is 0 Å². The van der Waals surface area contributed by atoms with Gasteiger partial charge in [0.1, 0.15) is 11.5 Å². The minimum atomic E-state index is -1.16. The predicted molar refractivity (Wildman–Crippen MR) is 165 cm³/mol. The number of carbonyl (C=O) groups excluding carboxylic acids is 3. The first-order chi connectivity index (χ1) is 21.3. The Labute approximate surface area is 253 Å². The van der Waals surface area contributed by atoms with Crippen molar-refractivity contribution >= 4 is 34.6 Å². The average Bonchev–Trinajstić information content (AvgIpc) is 3.07. The molecule has 0 saturated heterocycles. The minimum absolute atomic E-state index is 0.177. The lowest BCUT2D eigenvalue weighted by Crippen LogP contribution is -2.30. The van der Waals surface area contributed by atoms with E-state index < -0.39 is 23.9 Å². The maximum atomic E-state index is 13.1. The van der Waals surface area contributed by atoms with Crippen LogP contribution in [0.4, 0.5) is 5.69 Å². The van der Waals surface area contributed by atoms with Crippen LogP contribution in [-0.4, -0.2) is 55.2 Å². The van der Waals surface area contributed by atoms with Crippen LogP contribution in [0.3, 0.4) is 0 Å². The Balaban J connectivity index is 1.43. The number of nitrogens with zero attached hydrogens (tertiary/aromatic N) is 2. The fraction of sp³-hybridized carbons (Fsp3) is 0.147. The molecule has 44 heavy (non-hydrogen) atoms. The lowest BCUT2D eigenvalue weighted by Gasteiger charge is -2.15. The molecule has 5 rings (SSSR count). The molecule has 0 aliphatic rings. The second-order valence-corrected chi connectivity index (χ2v) is 9.66. The summed E-state index contributed by atoms with van der Waals surface area (Å²) >= 11 is 0. The quantitative estimate of drug-likeness (QED) is 0.207. The number of anilines is 1. The predicted octanol–water partition coefficient (Wildman–Crippen LogP) is 5.95. The number of nitrogens with one attached hydrogen (secondary N) is 1. The molecule has 1 atom stereocenters. The van der Waals surface area contributed by atoms with Gasteiger partial charge < -0.3 is 24.3 Å². The van der Waals surface area contributed by atoms with Crippen molar-refractivity contribution in [2.75, 3.05) is 26.6 Å². The number of carbonyl (C=O) groups is 3. The van der Waals surface area contributed by atoms with Crippen LogP contribution in [0.2, 0.25) is 0 Å². The van der Waals surface area contributed by atoms with Crippen molar-refractivity contribution in [2.24, 2.45) is 0 Å². The number of hydrogen-bond acceptors (Lipinski definition) is 9. The first-order valence-electron chi connectivity index (χ1n) is 13.6. The van der Waals surface area contributed by atoms with Gasteiger partial charge in [0.05, 0.1) is 60.6 Å². The lowest BCUT2D eigenvalue weighted by atomic mass is 10.0. The second-order valence-electron chi connectivity index (χ2n) is 9.66. The number of rotatable bonds is 9. The Hall–Kier alpha value is -5.77. The topological polar surface area (TPSA) is 126 Å². The molecule has 5 aromatic rings. The average molecular weight is 592 g/mol. The van der Waals surface area contributed by atoms with Crippen molar-refractivity contribution in [3.05, 3.63) is 102 Å². The van der Waals surface area contributed by atoms with Crippen LogP contribution in [0.5, 0.6) is 11.5 Å². The van der Waals surface area contributed by atoms with E-state index in [0.717, 1.165) is 11.1 Å². The number of amides is 1. The summed E-state index contributed by atoms with van der Waals surface area (Å²) in [7, 11) is 4.45. The Kier molecular flexibility index (Phi) is 8.80. The summed E-state index contributed by atoms with van der Waals surface area (Å²) in [5.74, 6) is -0.520. The van der Waals surface area contributed by atoms with Crippen molar-refractivity contribution in [1.82, 2.24) is 9.97 Å². The molecule has 1 amide bonds. The van der Waals surface area contributed by atoms with Crippen molar-refractivity contribution in [3.8, 4) is 34.0 Å². The molecule has 10 heteroatoms. The highest BCUT2D eigenvalue weighted by atomic mass is 16.5. The van der Waals surface area contributed by atoms with Crippen LogP contribution in [-0.2, 0) is 14.3 Å². The molecule has 1 N–H and O–H groups in total. The van der Waals surface area contributed by atoms with Gasteiger partial charge in [-0.2, -0.15) is 0 Å². The molecule has 0 fully saturated rings. The van der Waals surface area contributed by atoms with Gasteiger partial charge in [0.25, 0.3) is 5.91 Å². The van der Waals surface area contributed by atoms with E-state index in [2.05, 4.69) is 5.32 Å². The molecular formula is C34H29N3O7. The third-order valence-electron chi connectivity index (χ3n) is 6.87. The molecule has 4 aromatic carbocycles. The van der Waals surface area contributed by atoms with Gasteiger partial charge in [0, 0.05) is 11.1 Å². The zero-order valence-corrected chi connectivity index (χ0v) is 24.5. The van der Waals surface area contributed by atoms with Crippen LogP contribution in [0.25, 0.3) is 33.5 Å². The zero-order chi connectivity index (χ0) is 31.2. The normalized spacial score (nSPS) is 11.4. The van der Waals surface area contributed by atoms with E-state index in [9.17, 15) is 14.4 Å². The molecule has 1 heterocycles. The van der Waals surface area contributed by atoms with E-state index in [1.54, 1.807) is 50.6 Å². The van der Waals surface area contributed by atoms with Crippen molar-refractivity contribution < 1.29 is 33.3 Å². The Bertz CT molecular complexity index is 1840. The van der Waals surface area contributed by atoms with Gasteiger partial charge in [-0.25, -0.2) is 19.6 Å². The Morgan fingerprint density at radius 3 is 1.82 bits per heavy atom. The summed E-state index contributed by atoms with van der Waals surface area (Å²) < 4.78 is 20.8. The molecule has 0 saturated carbocycles. The van der Waals surface area contributed by atoms with Crippen LogP contribution in [0, 0.1) is 0 Å². The maximum Gasteiger partial charge on any atom is 0.339 e. The number of methoxy groups -OCH3 is 3. The highest BCUT2D eigenvalue weighted by Crippen LogP contribution is 2.33. The summed E-state index contributed by atoms with van der Waals surface area (Å²) in [4.78, 5) is 47.8. The highest BCUT2D eigenvalue weighted by Gasteiger charge is 2.22. The third kappa shape index (κ3) is 6.34. The third-order valence-corrected chi connectivity index (χ3v) is 6.87. The highest BCUT2D eigenvalue weighted by molar-refractivity contribution is 6.03. The van der Waals surface area contributed by atoms with E-state index in [-0.39, 0.29) is 16.8 Å². The number of aromatic nitrogens is 2. The summed E-state index contributed by atoms with van der Waals surface area (Å²) in [6.45, 7) is 1.44. The van der Waals surface area contributed by atoms with E-state index in [1.165, 1.54) is 20.1 Å². The second kappa shape index (κ2) is 13.0. The molecule has 1 aromatic heterocycles. The summed E-state index contributed by atoms with van der Waals surface area (Å²) in [5, 5.41) is 2.62. The number of fused-ring (bicyclic) bond motifs is 1. The van der Waals surface area contributed by atoms with Crippen LogP contribution in [0.15, 0.2) is 91.0 Å². The molecule has 0 aliphatic heterocycles. The van der Waals surface area contributed by atoms with Gasteiger partial charge >= 0.3 is 11.9 Å². The van der Waals surface area contributed by atoms with E-state index in [1.807, 2.05) is 48.5 Å². The molecule has 0 aliphatic carbocycles. The number of ether oxygens (including phenoxy) is 4. The fourth-order valence-electron chi connectivity index (χ4n) is 4.48. The Morgan fingerprint density at radius 2 is 1.25 bits per heavy atom. The van der Waals surface area contributed by atoms with E-state index >= 15 is 0 Å². The number of benzene rings is 4. The van der Waals surface area contributed by atoms with Crippen LogP contribution >= 0.6 is 0 Å². The number of para-hydroxylation sites is 1. The van der Waals surface area contributed by atoms with Gasteiger partial charge in [-0.1, -0.05) is 12.1 Å². The van der Waals surface area contributed by atoms with Crippen molar-refractivity contribution in [2.45, 2.75) is 13.0 Å². The maximum absolute atomic E-state index is 13.1. The largest absolute Gasteiger partial charge is 0.497 e. The summed E-state index contributed by atoms with van der Waals surface area (Å²) in [6.07, 6.45) is -1.16. The van der Waals surface area contributed by atoms with E-state index in [4.69, 9.17) is 28.9 Å².